The van der Waals surface area contributed by atoms with Gasteiger partial charge in [-0.3, -0.25) is 0 Å². The number of carbonyl (C=O) groups is 1. The summed E-state index contributed by atoms with van der Waals surface area (Å²) in [6.45, 7) is 2.00. The zero-order valence-corrected chi connectivity index (χ0v) is 16.5. The van der Waals surface area contributed by atoms with Crippen molar-refractivity contribution in [1.82, 2.24) is 20.2 Å². The number of aromatic nitrogens is 4. The number of thiophene rings is 1. The number of benzene rings is 2. The fourth-order valence-electron chi connectivity index (χ4n) is 2.80. The normalized spacial score (nSPS) is 11.1. The number of nitrogens with zero attached hydrogens (tertiary/aromatic N) is 4. The molecule has 0 amide bonds. The van der Waals surface area contributed by atoms with Gasteiger partial charge < -0.3 is 4.74 Å². The molecular weight excluding hydrogens is 399 g/mol. The maximum absolute atomic E-state index is 14.5. The molecule has 28 heavy (non-hydrogen) atoms. The summed E-state index contributed by atoms with van der Waals surface area (Å²) in [5.74, 6) is -0.466. The second-order valence-corrected chi connectivity index (χ2v) is 7.74. The summed E-state index contributed by atoms with van der Waals surface area (Å²) >= 11 is 2.58. The highest BCUT2D eigenvalue weighted by atomic mass is 32.2. The van der Waals surface area contributed by atoms with Crippen LogP contribution in [0.1, 0.15) is 22.2 Å². The van der Waals surface area contributed by atoms with E-state index in [4.69, 9.17) is 4.74 Å². The van der Waals surface area contributed by atoms with E-state index in [9.17, 15) is 9.18 Å². The molecule has 142 valence electrons. The van der Waals surface area contributed by atoms with Gasteiger partial charge >= 0.3 is 5.97 Å². The van der Waals surface area contributed by atoms with Crippen LogP contribution in [0.15, 0.2) is 53.7 Å². The van der Waals surface area contributed by atoms with E-state index in [0.717, 1.165) is 5.69 Å². The van der Waals surface area contributed by atoms with E-state index < -0.39 is 5.97 Å². The molecule has 6 nitrogen and oxygen atoms in total. The fraction of sp³-hybridized carbons (Fsp3) is 0.158. The first-order valence-corrected chi connectivity index (χ1v) is 10.3. The molecule has 0 saturated carbocycles. The van der Waals surface area contributed by atoms with Crippen molar-refractivity contribution in [3.05, 3.63) is 64.8 Å². The van der Waals surface area contributed by atoms with Gasteiger partial charge in [-0.25, -0.2) is 9.18 Å². The van der Waals surface area contributed by atoms with Gasteiger partial charge in [-0.2, -0.15) is 4.68 Å². The number of carbonyl (C=O) groups excluding carboxylic acids is 1. The van der Waals surface area contributed by atoms with Crippen LogP contribution in [0.4, 0.5) is 4.39 Å². The van der Waals surface area contributed by atoms with E-state index in [0.29, 0.717) is 31.4 Å². The quantitative estimate of drug-likeness (QED) is 0.342. The average Bonchev–Trinajstić information content (AvgIpc) is 3.32. The average molecular weight is 414 g/mol. The highest BCUT2D eigenvalue weighted by molar-refractivity contribution is 7.98. The number of fused-ring (bicyclic) bond motifs is 1. The van der Waals surface area contributed by atoms with E-state index in [2.05, 4.69) is 15.5 Å². The molecular formula is C19H15FN4O2S2. The van der Waals surface area contributed by atoms with Crippen LogP contribution < -0.4 is 0 Å². The van der Waals surface area contributed by atoms with Crippen LogP contribution in [-0.4, -0.2) is 32.8 Å². The van der Waals surface area contributed by atoms with Crippen molar-refractivity contribution in [1.29, 1.82) is 0 Å². The van der Waals surface area contributed by atoms with E-state index in [1.54, 1.807) is 23.7 Å². The Morgan fingerprint density at radius 3 is 2.82 bits per heavy atom. The molecule has 2 aromatic carbocycles. The van der Waals surface area contributed by atoms with Crippen molar-refractivity contribution in [2.24, 2.45) is 0 Å². The molecule has 2 heterocycles. The molecule has 0 atom stereocenters. The Bertz CT molecular complexity index is 1130. The third-order valence-corrected chi connectivity index (χ3v) is 6.13. The van der Waals surface area contributed by atoms with Crippen molar-refractivity contribution in [2.45, 2.75) is 17.8 Å². The number of ether oxygens (including phenoxy) is 1. The van der Waals surface area contributed by atoms with Gasteiger partial charge in [0.2, 0.25) is 5.16 Å². The van der Waals surface area contributed by atoms with Crippen LogP contribution in [0.3, 0.4) is 0 Å². The van der Waals surface area contributed by atoms with Gasteiger partial charge in [-0.05, 0) is 47.2 Å². The Hall–Kier alpha value is -2.78. The minimum Gasteiger partial charge on any atom is -0.462 e. The second kappa shape index (κ2) is 8.07. The number of hydrogen-bond donors (Lipinski definition) is 0. The van der Waals surface area contributed by atoms with E-state index in [-0.39, 0.29) is 12.4 Å². The molecule has 0 N–H and O–H groups in total. The maximum Gasteiger partial charge on any atom is 0.348 e. The molecule has 4 rings (SSSR count). The third kappa shape index (κ3) is 3.50. The van der Waals surface area contributed by atoms with E-state index in [1.165, 1.54) is 29.2 Å². The first-order chi connectivity index (χ1) is 13.7. The summed E-state index contributed by atoms with van der Waals surface area (Å²) in [4.78, 5) is 12.8. The first-order valence-electron chi connectivity index (χ1n) is 8.52. The van der Waals surface area contributed by atoms with E-state index in [1.807, 2.05) is 30.3 Å². The molecule has 0 fully saturated rings. The molecule has 0 radical (unpaired) electrons. The molecule has 0 unspecified atom stereocenters. The zero-order valence-electron chi connectivity index (χ0n) is 14.8. The van der Waals surface area contributed by atoms with Gasteiger partial charge in [0.1, 0.15) is 10.7 Å². The minimum absolute atomic E-state index is 0.258. The predicted octanol–water partition coefficient (Wildman–Crippen LogP) is 4.49. The van der Waals surface area contributed by atoms with Crippen LogP contribution in [-0.2, 0) is 10.5 Å². The van der Waals surface area contributed by atoms with Crippen LogP contribution in [0.25, 0.3) is 15.8 Å². The lowest BCUT2D eigenvalue weighted by atomic mass is 10.1. The number of rotatable bonds is 6. The molecule has 4 aromatic rings. The highest BCUT2D eigenvalue weighted by Gasteiger charge is 2.22. The monoisotopic (exact) mass is 414 g/mol. The molecule has 0 aliphatic rings. The van der Waals surface area contributed by atoms with Gasteiger partial charge in [-0.15, -0.1) is 16.4 Å². The SMILES string of the molecule is CCOC(=O)c1sc2cccc(F)c2c1CSc1nnnn1-c1ccccc1. The summed E-state index contributed by atoms with van der Waals surface area (Å²) in [6.07, 6.45) is 0. The molecule has 0 aliphatic carbocycles. The van der Waals surface area contributed by atoms with E-state index >= 15 is 0 Å². The molecule has 0 saturated heterocycles. The predicted molar refractivity (Wildman–Crippen MR) is 106 cm³/mol. The van der Waals surface area contributed by atoms with Gasteiger partial charge in [0, 0.05) is 15.8 Å². The lowest BCUT2D eigenvalue weighted by Crippen LogP contribution is -2.05. The number of esters is 1. The van der Waals surface area contributed by atoms with Gasteiger partial charge in [0.05, 0.1) is 12.3 Å². The summed E-state index contributed by atoms with van der Waals surface area (Å²) in [5, 5.41) is 12.8. The number of halogens is 1. The van der Waals surface area contributed by atoms with Crippen molar-refractivity contribution >= 4 is 39.2 Å². The summed E-state index contributed by atoms with van der Waals surface area (Å²) in [6, 6.07) is 14.3. The first kappa shape index (κ1) is 18.6. The Labute approximate surface area is 168 Å². The highest BCUT2D eigenvalue weighted by Crippen LogP contribution is 2.37. The van der Waals surface area contributed by atoms with Crippen LogP contribution >= 0.6 is 23.1 Å². The topological polar surface area (TPSA) is 69.9 Å². The second-order valence-electron chi connectivity index (χ2n) is 5.74. The molecule has 2 aromatic heterocycles. The minimum atomic E-state index is -0.443. The fourth-order valence-corrected chi connectivity index (χ4v) is 4.94. The smallest absolute Gasteiger partial charge is 0.348 e. The van der Waals surface area contributed by atoms with Gasteiger partial charge in [0.15, 0.2) is 0 Å². The molecule has 0 bridgehead atoms. The Balaban J connectivity index is 1.70. The number of hydrogen-bond acceptors (Lipinski definition) is 7. The number of thioether (sulfide) groups is 1. The molecule has 9 heteroatoms. The summed E-state index contributed by atoms with van der Waals surface area (Å²) in [5.41, 5.74) is 1.42. The number of para-hydroxylation sites is 1. The van der Waals surface area contributed by atoms with Crippen molar-refractivity contribution in [3.8, 4) is 5.69 Å². The molecule has 0 aliphatic heterocycles. The largest absolute Gasteiger partial charge is 0.462 e. The van der Waals surface area contributed by atoms with Crippen molar-refractivity contribution in [3.63, 3.8) is 0 Å². The lowest BCUT2D eigenvalue weighted by Gasteiger charge is -2.06. The summed E-state index contributed by atoms with van der Waals surface area (Å²) in [7, 11) is 0. The zero-order chi connectivity index (χ0) is 19.5. The Morgan fingerprint density at radius 2 is 2.04 bits per heavy atom. The van der Waals surface area contributed by atoms with Crippen molar-refractivity contribution in [2.75, 3.05) is 6.61 Å². The third-order valence-electron chi connectivity index (χ3n) is 4.01. The Morgan fingerprint density at radius 1 is 1.21 bits per heavy atom. The lowest BCUT2D eigenvalue weighted by molar-refractivity contribution is 0.0531. The molecule has 0 spiro atoms. The van der Waals surface area contributed by atoms with Gasteiger partial charge in [0.25, 0.3) is 0 Å². The van der Waals surface area contributed by atoms with Crippen LogP contribution in [0, 0.1) is 5.82 Å². The Kier molecular flexibility index (Phi) is 5.36. The maximum atomic E-state index is 14.5. The van der Waals surface area contributed by atoms with Crippen molar-refractivity contribution < 1.29 is 13.9 Å². The summed E-state index contributed by atoms with van der Waals surface area (Å²) < 4.78 is 22.0. The standard InChI is InChI=1S/C19H15FN4O2S2/c1-2-26-18(25)17-13(16-14(20)9-6-10-15(16)28-17)11-27-19-21-22-23-24(19)12-7-4-3-5-8-12/h3-10H,2,11H2,1H3. The van der Waals surface area contributed by atoms with Crippen LogP contribution in [0.5, 0.6) is 0 Å². The van der Waals surface area contributed by atoms with Gasteiger partial charge in [-0.1, -0.05) is 36.0 Å². The van der Waals surface area contributed by atoms with Crippen LogP contribution in [0.2, 0.25) is 0 Å². The number of tetrazole rings is 1.